The molecule has 0 amide bonds. The topological polar surface area (TPSA) is 17.8 Å². The van der Waals surface area contributed by atoms with Gasteiger partial charge in [0.1, 0.15) is 5.82 Å². The van der Waals surface area contributed by atoms with E-state index in [1.54, 1.807) is 0 Å². The van der Waals surface area contributed by atoms with Gasteiger partial charge in [0.15, 0.2) is 0 Å². The van der Waals surface area contributed by atoms with Crippen molar-refractivity contribution < 1.29 is 0 Å². The summed E-state index contributed by atoms with van der Waals surface area (Å²) in [5.74, 6) is 1.47. The predicted octanol–water partition coefficient (Wildman–Crippen LogP) is 5.22. The van der Waals surface area contributed by atoms with Gasteiger partial charge in [-0.15, -0.1) is 11.6 Å². The summed E-state index contributed by atoms with van der Waals surface area (Å²) >= 11 is 6.08. The zero-order valence-corrected chi connectivity index (χ0v) is 12.9. The summed E-state index contributed by atoms with van der Waals surface area (Å²) < 4.78 is 2.34. The maximum absolute atomic E-state index is 6.08. The summed E-state index contributed by atoms with van der Waals surface area (Å²) in [7, 11) is 0. The molecular weight excluding hydrogens is 256 g/mol. The molecule has 0 aliphatic rings. The van der Waals surface area contributed by atoms with E-state index in [0.717, 1.165) is 11.3 Å². The zero-order chi connectivity index (χ0) is 13.8. The van der Waals surface area contributed by atoms with Crippen molar-refractivity contribution >= 4 is 22.6 Å². The van der Waals surface area contributed by atoms with Gasteiger partial charge >= 0.3 is 0 Å². The van der Waals surface area contributed by atoms with Crippen molar-refractivity contribution in [2.45, 2.75) is 58.4 Å². The number of fused-ring (bicyclic) bond motifs is 1. The van der Waals surface area contributed by atoms with E-state index in [1.807, 2.05) is 0 Å². The third-order valence-corrected chi connectivity index (χ3v) is 4.01. The van der Waals surface area contributed by atoms with Gasteiger partial charge in [0, 0.05) is 6.04 Å². The Labute approximate surface area is 120 Å². The Balaban J connectivity index is 2.39. The molecule has 1 aromatic heterocycles. The lowest BCUT2D eigenvalue weighted by atomic mass is 10.1. The Kier molecular flexibility index (Phi) is 4.87. The second-order valence-corrected chi connectivity index (χ2v) is 5.59. The van der Waals surface area contributed by atoms with Crippen molar-refractivity contribution in [3.8, 4) is 0 Å². The van der Waals surface area contributed by atoms with Crippen molar-refractivity contribution in [2.75, 3.05) is 0 Å². The minimum Gasteiger partial charge on any atom is -0.324 e. The van der Waals surface area contributed by atoms with E-state index in [0.29, 0.717) is 11.9 Å². The van der Waals surface area contributed by atoms with Gasteiger partial charge in [-0.25, -0.2) is 4.98 Å². The fourth-order valence-corrected chi connectivity index (χ4v) is 2.95. The third-order valence-electron chi connectivity index (χ3n) is 3.77. The maximum Gasteiger partial charge on any atom is 0.125 e. The highest BCUT2D eigenvalue weighted by molar-refractivity contribution is 6.16. The third kappa shape index (κ3) is 2.94. The number of rotatable bonds is 6. The van der Waals surface area contributed by atoms with E-state index < -0.39 is 0 Å². The lowest BCUT2D eigenvalue weighted by Crippen LogP contribution is -2.09. The summed E-state index contributed by atoms with van der Waals surface area (Å²) in [4.78, 5) is 4.67. The first kappa shape index (κ1) is 14.4. The van der Waals surface area contributed by atoms with Crippen molar-refractivity contribution in [1.29, 1.82) is 0 Å². The normalized spacial score (nSPS) is 13.1. The molecular formula is C16H23ClN2. The first-order valence-corrected chi connectivity index (χ1v) is 7.74. The molecule has 0 aliphatic carbocycles. The van der Waals surface area contributed by atoms with Crippen molar-refractivity contribution in [3.63, 3.8) is 0 Å². The molecule has 0 spiro atoms. The SMILES string of the molecule is CCCCCC(C)n1c(CCl)nc2cccc(C)c21. The summed E-state index contributed by atoms with van der Waals surface area (Å²) in [5, 5.41) is 0. The van der Waals surface area contributed by atoms with Gasteiger partial charge in [-0.1, -0.05) is 38.3 Å². The number of hydrogen-bond donors (Lipinski definition) is 0. The van der Waals surface area contributed by atoms with Crippen LogP contribution in [-0.4, -0.2) is 9.55 Å². The van der Waals surface area contributed by atoms with Gasteiger partial charge in [-0.05, 0) is 31.9 Å². The summed E-state index contributed by atoms with van der Waals surface area (Å²) in [6.07, 6.45) is 5.02. The minimum absolute atomic E-state index is 0.464. The average Bonchev–Trinajstić information content (AvgIpc) is 2.79. The van der Waals surface area contributed by atoms with Crippen LogP contribution in [0, 0.1) is 6.92 Å². The van der Waals surface area contributed by atoms with Crippen molar-refractivity contribution in [3.05, 3.63) is 29.6 Å². The molecule has 19 heavy (non-hydrogen) atoms. The number of imidazole rings is 1. The number of aryl methyl sites for hydroxylation is 1. The number of para-hydroxylation sites is 1. The van der Waals surface area contributed by atoms with Crippen LogP contribution in [0.15, 0.2) is 18.2 Å². The molecule has 0 aliphatic heterocycles. The fourth-order valence-electron chi connectivity index (χ4n) is 2.76. The molecule has 0 bridgehead atoms. The van der Waals surface area contributed by atoms with Crippen molar-refractivity contribution in [1.82, 2.24) is 9.55 Å². The summed E-state index contributed by atoms with van der Waals surface area (Å²) in [6.45, 7) is 6.67. The molecule has 2 aromatic rings. The zero-order valence-electron chi connectivity index (χ0n) is 12.1. The Hall–Kier alpha value is -1.02. The van der Waals surface area contributed by atoms with Crippen LogP contribution in [0.1, 0.15) is 57.0 Å². The largest absolute Gasteiger partial charge is 0.324 e. The standard InChI is InChI=1S/C16H23ClN2/c1-4-5-6-9-13(3)19-15(11-17)18-14-10-7-8-12(2)16(14)19/h7-8,10,13H,4-6,9,11H2,1-3H3. The van der Waals surface area contributed by atoms with E-state index in [1.165, 1.54) is 36.8 Å². The lowest BCUT2D eigenvalue weighted by Gasteiger charge is -2.17. The Morgan fingerprint density at radius 2 is 2.11 bits per heavy atom. The molecule has 0 fully saturated rings. The Bertz CT molecular complexity index is 545. The highest BCUT2D eigenvalue weighted by Gasteiger charge is 2.16. The second kappa shape index (κ2) is 6.42. The van der Waals surface area contributed by atoms with Crippen LogP contribution in [-0.2, 0) is 5.88 Å². The van der Waals surface area contributed by atoms with Gasteiger partial charge in [0.25, 0.3) is 0 Å². The van der Waals surface area contributed by atoms with E-state index in [9.17, 15) is 0 Å². The molecule has 1 unspecified atom stereocenters. The lowest BCUT2D eigenvalue weighted by molar-refractivity contribution is 0.477. The second-order valence-electron chi connectivity index (χ2n) is 5.32. The van der Waals surface area contributed by atoms with Gasteiger partial charge in [-0.3, -0.25) is 0 Å². The maximum atomic E-state index is 6.08. The van der Waals surface area contributed by atoms with Gasteiger partial charge in [0.05, 0.1) is 16.9 Å². The molecule has 104 valence electrons. The van der Waals surface area contributed by atoms with E-state index in [4.69, 9.17) is 11.6 Å². The van der Waals surface area contributed by atoms with E-state index in [2.05, 4.69) is 48.5 Å². The van der Waals surface area contributed by atoms with Crippen LogP contribution in [0.25, 0.3) is 11.0 Å². The smallest absolute Gasteiger partial charge is 0.125 e. The monoisotopic (exact) mass is 278 g/mol. The van der Waals surface area contributed by atoms with Crippen molar-refractivity contribution in [2.24, 2.45) is 0 Å². The number of alkyl halides is 1. The average molecular weight is 279 g/mol. The summed E-state index contributed by atoms with van der Waals surface area (Å²) in [5.41, 5.74) is 3.60. The van der Waals surface area contributed by atoms with Crippen LogP contribution in [0.5, 0.6) is 0 Å². The molecule has 0 N–H and O–H groups in total. The Morgan fingerprint density at radius 3 is 2.79 bits per heavy atom. The van der Waals surface area contributed by atoms with E-state index in [-0.39, 0.29) is 0 Å². The highest BCUT2D eigenvalue weighted by atomic mass is 35.5. The van der Waals surface area contributed by atoms with Crippen LogP contribution in [0.4, 0.5) is 0 Å². The summed E-state index contributed by atoms with van der Waals surface area (Å²) in [6, 6.07) is 6.76. The molecule has 3 heteroatoms. The fraction of sp³-hybridized carbons (Fsp3) is 0.562. The Morgan fingerprint density at radius 1 is 1.32 bits per heavy atom. The highest BCUT2D eigenvalue weighted by Crippen LogP contribution is 2.27. The number of unbranched alkanes of at least 4 members (excludes halogenated alkanes) is 2. The molecule has 1 heterocycles. The van der Waals surface area contributed by atoms with Gasteiger partial charge in [0.2, 0.25) is 0 Å². The number of halogens is 1. The molecule has 0 radical (unpaired) electrons. The predicted molar refractivity (Wildman–Crippen MR) is 82.9 cm³/mol. The minimum atomic E-state index is 0.464. The number of nitrogens with zero attached hydrogens (tertiary/aromatic N) is 2. The van der Waals surface area contributed by atoms with E-state index >= 15 is 0 Å². The molecule has 0 saturated carbocycles. The number of hydrogen-bond acceptors (Lipinski definition) is 1. The van der Waals surface area contributed by atoms with Crippen LogP contribution < -0.4 is 0 Å². The quantitative estimate of drug-likeness (QED) is 0.523. The molecule has 1 atom stereocenters. The van der Waals surface area contributed by atoms with Crippen LogP contribution in [0.2, 0.25) is 0 Å². The first-order valence-electron chi connectivity index (χ1n) is 7.21. The first-order chi connectivity index (χ1) is 9.19. The number of benzene rings is 1. The van der Waals surface area contributed by atoms with Crippen LogP contribution in [0.3, 0.4) is 0 Å². The number of aromatic nitrogens is 2. The molecule has 2 rings (SSSR count). The van der Waals surface area contributed by atoms with Gasteiger partial charge in [-0.2, -0.15) is 0 Å². The van der Waals surface area contributed by atoms with Crippen LogP contribution >= 0.6 is 11.6 Å². The molecule has 1 aromatic carbocycles. The molecule has 0 saturated heterocycles. The molecule has 2 nitrogen and oxygen atoms in total. The van der Waals surface area contributed by atoms with Gasteiger partial charge < -0.3 is 4.57 Å².